The van der Waals surface area contributed by atoms with Crippen LogP contribution in [0, 0.1) is 5.92 Å². The summed E-state index contributed by atoms with van der Waals surface area (Å²) in [4.78, 5) is 0. The number of aliphatic hydroxyl groups is 1. The minimum Gasteiger partial charge on any atom is -0.390 e. The summed E-state index contributed by atoms with van der Waals surface area (Å²) in [7, 11) is 0. The van der Waals surface area contributed by atoms with Crippen LogP contribution in [0.4, 0.5) is 0 Å². The van der Waals surface area contributed by atoms with Gasteiger partial charge in [0.15, 0.2) is 0 Å². The summed E-state index contributed by atoms with van der Waals surface area (Å²) < 4.78 is 0. The highest BCUT2D eigenvalue weighted by atomic mass is 16.3. The van der Waals surface area contributed by atoms with E-state index in [0.29, 0.717) is 5.92 Å². The van der Waals surface area contributed by atoms with Crippen molar-refractivity contribution in [3.63, 3.8) is 0 Å². The molecule has 12 heavy (non-hydrogen) atoms. The molecule has 1 rings (SSSR count). The summed E-state index contributed by atoms with van der Waals surface area (Å²) in [6.07, 6.45) is 5.95. The molecule has 0 unspecified atom stereocenters. The van der Waals surface area contributed by atoms with E-state index < -0.39 is 0 Å². The van der Waals surface area contributed by atoms with E-state index in [9.17, 15) is 5.11 Å². The van der Waals surface area contributed by atoms with Crippen molar-refractivity contribution >= 4 is 0 Å². The lowest BCUT2D eigenvalue weighted by Gasteiger charge is -2.34. The Labute approximate surface area is 77.2 Å². The van der Waals surface area contributed by atoms with E-state index in [4.69, 9.17) is 0 Å². The van der Waals surface area contributed by atoms with Crippen molar-refractivity contribution in [1.82, 2.24) is 0 Å². The third kappa shape index (κ3) is 4.10. The van der Waals surface area contributed by atoms with Gasteiger partial charge in [-0.15, -0.1) is 0 Å². The first kappa shape index (κ1) is 12.0. The fraction of sp³-hybridized carbons (Fsp3) is 1.00. The van der Waals surface area contributed by atoms with Gasteiger partial charge in [0, 0.05) is 0 Å². The van der Waals surface area contributed by atoms with Crippen LogP contribution < -0.4 is 0 Å². The van der Waals surface area contributed by atoms with E-state index in [1.54, 1.807) is 0 Å². The SMILES string of the molecule is CCC.C[C@H]1CCCC[C@]1(C)O. The summed E-state index contributed by atoms with van der Waals surface area (Å²) in [5.74, 6) is 0.506. The zero-order valence-electron chi connectivity index (χ0n) is 9.06. The van der Waals surface area contributed by atoms with E-state index in [-0.39, 0.29) is 5.60 Å². The van der Waals surface area contributed by atoms with Gasteiger partial charge in [0.25, 0.3) is 0 Å². The second-order valence-corrected chi connectivity index (χ2v) is 4.21. The zero-order valence-corrected chi connectivity index (χ0v) is 9.06. The average Bonchev–Trinajstić information content (AvgIpc) is 1.97. The molecule has 0 aliphatic heterocycles. The molecule has 0 radical (unpaired) electrons. The van der Waals surface area contributed by atoms with Crippen molar-refractivity contribution < 1.29 is 5.11 Å². The van der Waals surface area contributed by atoms with E-state index >= 15 is 0 Å². The predicted octanol–water partition coefficient (Wildman–Crippen LogP) is 3.36. The number of hydrogen-bond acceptors (Lipinski definition) is 1. The minimum absolute atomic E-state index is 0.363. The molecule has 2 atom stereocenters. The first-order valence-electron chi connectivity index (χ1n) is 5.27. The highest BCUT2D eigenvalue weighted by Gasteiger charge is 2.30. The highest BCUT2D eigenvalue weighted by Crippen LogP contribution is 2.32. The molecule has 0 bridgehead atoms. The maximum atomic E-state index is 9.64. The summed E-state index contributed by atoms with van der Waals surface area (Å²) >= 11 is 0. The van der Waals surface area contributed by atoms with Gasteiger partial charge in [-0.05, 0) is 25.7 Å². The molecule has 0 heterocycles. The minimum atomic E-state index is -0.363. The lowest BCUT2D eigenvalue weighted by molar-refractivity contribution is -0.0239. The van der Waals surface area contributed by atoms with Crippen LogP contribution in [0.15, 0.2) is 0 Å². The molecule has 1 saturated carbocycles. The van der Waals surface area contributed by atoms with Crippen molar-refractivity contribution in [1.29, 1.82) is 0 Å². The van der Waals surface area contributed by atoms with Crippen LogP contribution in [-0.2, 0) is 0 Å². The van der Waals surface area contributed by atoms with Gasteiger partial charge >= 0.3 is 0 Å². The van der Waals surface area contributed by atoms with Gasteiger partial charge in [-0.2, -0.15) is 0 Å². The zero-order chi connectivity index (χ0) is 9.61. The van der Waals surface area contributed by atoms with Crippen molar-refractivity contribution in [2.24, 2.45) is 5.92 Å². The maximum absolute atomic E-state index is 9.64. The summed E-state index contributed by atoms with van der Waals surface area (Å²) in [6, 6.07) is 0. The van der Waals surface area contributed by atoms with Gasteiger partial charge in [-0.25, -0.2) is 0 Å². The van der Waals surface area contributed by atoms with Crippen LogP contribution in [0.2, 0.25) is 0 Å². The Morgan fingerprint density at radius 1 is 1.33 bits per heavy atom. The fourth-order valence-electron chi connectivity index (χ4n) is 1.49. The Morgan fingerprint density at radius 2 is 1.83 bits per heavy atom. The number of rotatable bonds is 0. The van der Waals surface area contributed by atoms with Gasteiger partial charge in [-0.3, -0.25) is 0 Å². The second-order valence-electron chi connectivity index (χ2n) is 4.21. The van der Waals surface area contributed by atoms with Crippen LogP contribution in [0.5, 0.6) is 0 Å². The molecule has 0 aromatic heterocycles. The Hall–Kier alpha value is -0.0400. The van der Waals surface area contributed by atoms with E-state index in [0.717, 1.165) is 6.42 Å². The molecule has 1 nitrogen and oxygen atoms in total. The molecular weight excluding hydrogens is 148 g/mol. The summed E-state index contributed by atoms with van der Waals surface area (Å²) in [5, 5.41) is 9.64. The molecule has 74 valence electrons. The number of hydrogen-bond donors (Lipinski definition) is 1. The molecule has 0 aromatic rings. The lowest BCUT2D eigenvalue weighted by atomic mass is 9.78. The summed E-state index contributed by atoms with van der Waals surface area (Å²) in [5.41, 5.74) is -0.363. The van der Waals surface area contributed by atoms with Crippen LogP contribution in [0.25, 0.3) is 0 Å². The molecule has 0 saturated heterocycles. The van der Waals surface area contributed by atoms with Crippen molar-refractivity contribution in [2.75, 3.05) is 0 Å². The first-order chi connectivity index (χ1) is 5.54. The third-order valence-corrected chi connectivity index (χ3v) is 2.63. The molecule has 1 aliphatic rings. The highest BCUT2D eigenvalue weighted by molar-refractivity contribution is 4.82. The van der Waals surface area contributed by atoms with E-state index in [1.807, 2.05) is 6.92 Å². The van der Waals surface area contributed by atoms with Crippen LogP contribution >= 0.6 is 0 Å². The standard InChI is InChI=1S/C8H16O.C3H8/c1-7-5-3-4-6-8(7,2)9;1-3-2/h7,9H,3-6H2,1-2H3;3H2,1-2H3/t7-,8-;/m0./s1. The van der Waals surface area contributed by atoms with Crippen LogP contribution in [0.3, 0.4) is 0 Å². The molecule has 0 aromatic carbocycles. The molecule has 1 fully saturated rings. The van der Waals surface area contributed by atoms with Gasteiger partial charge in [0.2, 0.25) is 0 Å². The third-order valence-electron chi connectivity index (χ3n) is 2.63. The molecule has 0 amide bonds. The Bertz CT molecular complexity index is 108. The second kappa shape index (κ2) is 5.58. The Kier molecular flexibility index (Phi) is 5.56. The monoisotopic (exact) mass is 172 g/mol. The van der Waals surface area contributed by atoms with Gasteiger partial charge in [0.1, 0.15) is 0 Å². The fourth-order valence-corrected chi connectivity index (χ4v) is 1.49. The van der Waals surface area contributed by atoms with E-state index in [1.165, 1.54) is 25.7 Å². The molecule has 1 N–H and O–H groups in total. The average molecular weight is 172 g/mol. The molecule has 1 heteroatoms. The van der Waals surface area contributed by atoms with Crippen molar-refractivity contribution in [2.45, 2.75) is 65.4 Å². The lowest BCUT2D eigenvalue weighted by Crippen LogP contribution is -2.35. The topological polar surface area (TPSA) is 20.2 Å². The Balaban J connectivity index is 0.000000354. The molecule has 0 spiro atoms. The van der Waals surface area contributed by atoms with Crippen LogP contribution in [-0.4, -0.2) is 10.7 Å². The summed E-state index contributed by atoms with van der Waals surface area (Å²) in [6.45, 7) is 8.34. The molecular formula is C11H24O. The molecule has 1 aliphatic carbocycles. The Morgan fingerprint density at radius 3 is 2.08 bits per heavy atom. The van der Waals surface area contributed by atoms with Gasteiger partial charge in [-0.1, -0.05) is 40.0 Å². The van der Waals surface area contributed by atoms with Gasteiger partial charge in [0.05, 0.1) is 5.60 Å². The first-order valence-corrected chi connectivity index (χ1v) is 5.27. The van der Waals surface area contributed by atoms with E-state index in [2.05, 4.69) is 20.8 Å². The quantitative estimate of drug-likeness (QED) is 0.594. The normalized spacial score (nSPS) is 35.2. The predicted molar refractivity (Wildman–Crippen MR) is 54.2 cm³/mol. The van der Waals surface area contributed by atoms with Crippen LogP contribution in [0.1, 0.15) is 59.8 Å². The van der Waals surface area contributed by atoms with Crippen molar-refractivity contribution in [3.05, 3.63) is 0 Å². The maximum Gasteiger partial charge on any atom is 0.0645 e. The van der Waals surface area contributed by atoms with Gasteiger partial charge < -0.3 is 5.11 Å². The smallest absolute Gasteiger partial charge is 0.0645 e. The largest absolute Gasteiger partial charge is 0.390 e. The van der Waals surface area contributed by atoms with Crippen molar-refractivity contribution in [3.8, 4) is 0 Å².